The molecule has 1 rings (SSSR count). The van der Waals surface area contributed by atoms with Gasteiger partial charge in [-0.3, -0.25) is 0 Å². The van der Waals surface area contributed by atoms with Gasteiger partial charge in [-0.05, 0) is 5.25 Å². The van der Waals surface area contributed by atoms with Crippen LogP contribution in [-0.4, -0.2) is 21.5 Å². The van der Waals surface area contributed by atoms with Crippen molar-refractivity contribution >= 4 is 17.7 Å². The molecule has 1 aromatic rings. The van der Waals surface area contributed by atoms with Crippen LogP contribution in [-0.2, 0) is 5.75 Å². The Morgan fingerprint density at radius 1 is 1.77 bits per heavy atom. The number of aromatic nitrogens is 1. The molecule has 0 unspecified atom stereocenters. The minimum absolute atomic E-state index is 0.160. The van der Waals surface area contributed by atoms with Gasteiger partial charge in [-0.1, -0.05) is 19.0 Å². The Bertz CT molecular complexity index is 295. The highest BCUT2D eigenvalue weighted by Gasteiger charge is 2.14. The summed E-state index contributed by atoms with van der Waals surface area (Å²) in [6.45, 7) is 4.09. The monoisotopic (exact) mass is 201 g/mol. The van der Waals surface area contributed by atoms with Crippen molar-refractivity contribution in [3.63, 3.8) is 0 Å². The zero-order chi connectivity index (χ0) is 9.84. The Morgan fingerprint density at radius 3 is 3.00 bits per heavy atom. The average molecular weight is 201 g/mol. The van der Waals surface area contributed by atoms with Crippen molar-refractivity contribution < 1.29 is 14.4 Å². The van der Waals surface area contributed by atoms with Crippen LogP contribution < -0.4 is 0 Å². The lowest BCUT2D eigenvalue weighted by Crippen LogP contribution is -1.98. The third-order valence-electron chi connectivity index (χ3n) is 1.42. The molecule has 0 spiro atoms. The molecule has 0 atom stereocenters. The predicted molar refractivity (Wildman–Crippen MR) is 49.9 cm³/mol. The van der Waals surface area contributed by atoms with E-state index >= 15 is 0 Å². The van der Waals surface area contributed by atoms with Gasteiger partial charge in [-0.2, -0.15) is 11.8 Å². The Hall–Kier alpha value is -0.970. The third-order valence-corrected chi connectivity index (χ3v) is 2.52. The highest BCUT2D eigenvalue weighted by atomic mass is 32.2. The Labute approximate surface area is 80.3 Å². The Morgan fingerprint density at radius 2 is 2.46 bits per heavy atom. The van der Waals surface area contributed by atoms with Crippen molar-refractivity contribution in [2.24, 2.45) is 0 Å². The second kappa shape index (κ2) is 4.32. The molecule has 1 N–H and O–H groups in total. The number of carboxylic acids is 1. The second-order valence-corrected chi connectivity index (χ2v) is 4.39. The molecule has 13 heavy (non-hydrogen) atoms. The molecular formula is C8H11NO3S. The van der Waals surface area contributed by atoms with Gasteiger partial charge in [0.2, 0.25) is 0 Å². The van der Waals surface area contributed by atoms with E-state index in [1.165, 1.54) is 6.20 Å². The average Bonchev–Trinajstić information content (AvgIpc) is 2.47. The van der Waals surface area contributed by atoms with Gasteiger partial charge in [0.25, 0.3) is 0 Å². The summed E-state index contributed by atoms with van der Waals surface area (Å²) in [6.07, 6.45) is 1.23. The van der Waals surface area contributed by atoms with Crippen molar-refractivity contribution in [1.29, 1.82) is 0 Å². The number of nitrogens with zero attached hydrogens (tertiary/aromatic N) is 1. The summed E-state index contributed by atoms with van der Waals surface area (Å²) in [4.78, 5) is 10.6. The van der Waals surface area contributed by atoms with Crippen LogP contribution in [0, 0.1) is 0 Å². The maximum atomic E-state index is 10.6. The van der Waals surface area contributed by atoms with Crippen LogP contribution in [0.3, 0.4) is 0 Å². The van der Waals surface area contributed by atoms with E-state index in [0.717, 1.165) is 0 Å². The number of carboxylic acid groups (broad SMARTS) is 1. The number of hydrogen-bond donors (Lipinski definition) is 1. The quantitative estimate of drug-likeness (QED) is 0.807. The summed E-state index contributed by atoms with van der Waals surface area (Å²) in [6, 6.07) is 0. The maximum absolute atomic E-state index is 10.6. The van der Waals surface area contributed by atoms with E-state index in [9.17, 15) is 4.79 Å². The summed E-state index contributed by atoms with van der Waals surface area (Å²) < 4.78 is 4.82. The van der Waals surface area contributed by atoms with Crippen molar-refractivity contribution in [1.82, 2.24) is 5.16 Å². The molecular weight excluding hydrogens is 190 g/mol. The normalized spacial score (nSPS) is 10.7. The van der Waals surface area contributed by atoms with Crippen molar-refractivity contribution in [3.8, 4) is 0 Å². The van der Waals surface area contributed by atoms with Gasteiger partial charge in [0, 0.05) is 0 Å². The van der Waals surface area contributed by atoms with Gasteiger partial charge in [-0.25, -0.2) is 4.79 Å². The lowest BCUT2D eigenvalue weighted by atomic mass is 10.3. The number of rotatable bonds is 4. The van der Waals surface area contributed by atoms with Crippen molar-refractivity contribution in [3.05, 3.63) is 17.5 Å². The largest absolute Gasteiger partial charge is 0.478 e. The van der Waals surface area contributed by atoms with Gasteiger partial charge in [0.1, 0.15) is 5.56 Å². The van der Waals surface area contributed by atoms with Gasteiger partial charge in [0.15, 0.2) is 5.76 Å². The fourth-order valence-electron chi connectivity index (χ4n) is 0.785. The molecule has 0 bridgehead atoms. The molecule has 1 heterocycles. The third kappa shape index (κ3) is 2.77. The Kier molecular flexibility index (Phi) is 3.36. The van der Waals surface area contributed by atoms with Crippen LogP contribution in [0.4, 0.5) is 0 Å². The molecule has 0 aliphatic carbocycles. The number of hydrogen-bond acceptors (Lipinski definition) is 4. The van der Waals surface area contributed by atoms with Gasteiger partial charge in [-0.15, -0.1) is 0 Å². The first-order valence-electron chi connectivity index (χ1n) is 3.89. The lowest BCUT2D eigenvalue weighted by molar-refractivity contribution is 0.0695. The summed E-state index contributed by atoms with van der Waals surface area (Å²) in [5.41, 5.74) is 0.160. The molecule has 4 nitrogen and oxygen atoms in total. The van der Waals surface area contributed by atoms with Crippen molar-refractivity contribution in [2.75, 3.05) is 0 Å². The summed E-state index contributed by atoms with van der Waals surface area (Å²) in [5, 5.41) is 12.6. The highest BCUT2D eigenvalue weighted by Crippen LogP contribution is 2.19. The molecule has 0 radical (unpaired) electrons. The van der Waals surface area contributed by atoms with Gasteiger partial charge in [0.05, 0.1) is 11.9 Å². The highest BCUT2D eigenvalue weighted by molar-refractivity contribution is 7.99. The minimum Gasteiger partial charge on any atom is -0.478 e. The van der Waals surface area contributed by atoms with E-state index in [1.807, 2.05) is 13.8 Å². The maximum Gasteiger partial charge on any atom is 0.341 e. The minimum atomic E-state index is -0.986. The van der Waals surface area contributed by atoms with Gasteiger partial charge >= 0.3 is 5.97 Å². The zero-order valence-electron chi connectivity index (χ0n) is 7.48. The molecule has 0 aliphatic rings. The van der Waals surface area contributed by atoms with E-state index in [0.29, 0.717) is 16.8 Å². The molecule has 0 aromatic carbocycles. The number of thioether (sulfide) groups is 1. The van der Waals surface area contributed by atoms with Crippen LogP contribution in [0.25, 0.3) is 0 Å². The molecule has 5 heteroatoms. The molecule has 0 saturated carbocycles. The first-order chi connectivity index (χ1) is 6.11. The van der Waals surface area contributed by atoms with Crippen molar-refractivity contribution in [2.45, 2.75) is 24.9 Å². The number of aromatic carboxylic acids is 1. The smallest absolute Gasteiger partial charge is 0.341 e. The summed E-state index contributed by atoms with van der Waals surface area (Å²) >= 11 is 1.62. The first kappa shape index (κ1) is 10.1. The molecule has 0 saturated heterocycles. The SMILES string of the molecule is CC(C)SCc1oncc1C(=O)O. The molecule has 0 amide bonds. The summed E-state index contributed by atoms with van der Waals surface area (Å²) in [7, 11) is 0. The van der Waals surface area contributed by atoms with Crippen LogP contribution in [0.2, 0.25) is 0 Å². The number of carbonyl (C=O) groups is 1. The molecule has 1 aromatic heterocycles. The second-order valence-electron chi connectivity index (χ2n) is 2.83. The van der Waals surface area contributed by atoms with Crippen LogP contribution in [0.5, 0.6) is 0 Å². The van der Waals surface area contributed by atoms with Crippen LogP contribution in [0.15, 0.2) is 10.7 Å². The van der Waals surface area contributed by atoms with Crippen LogP contribution in [0.1, 0.15) is 30.0 Å². The predicted octanol–water partition coefficient (Wildman–Crippen LogP) is 2.01. The van der Waals surface area contributed by atoms with E-state index in [1.54, 1.807) is 11.8 Å². The Balaban J connectivity index is 2.65. The molecule has 0 fully saturated rings. The first-order valence-corrected chi connectivity index (χ1v) is 4.94. The van der Waals surface area contributed by atoms with E-state index < -0.39 is 5.97 Å². The zero-order valence-corrected chi connectivity index (χ0v) is 8.30. The standard InChI is InChI=1S/C8H11NO3S/c1-5(2)13-4-7-6(8(10)11)3-9-12-7/h3,5H,4H2,1-2H3,(H,10,11). The van der Waals surface area contributed by atoms with E-state index in [-0.39, 0.29) is 5.56 Å². The topological polar surface area (TPSA) is 63.3 Å². The fourth-order valence-corrected chi connectivity index (χ4v) is 1.48. The van der Waals surface area contributed by atoms with Crippen LogP contribution >= 0.6 is 11.8 Å². The summed E-state index contributed by atoms with van der Waals surface area (Å²) in [5.74, 6) is 0.00561. The fraction of sp³-hybridized carbons (Fsp3) is 0.500. The van der Waals surface area contributed by atoms with Gasteiger partial charge < -0.3 is 9.63 Å². The molecule has 0 aliphatic heterocycles. The molecule has 72 valence electrons. The van der Waals surface area contributed by atoms with E-state index in [4.69, 9.17) is 9.63 Å². The van der Waals surface area contributed by atoms with E-state index in [2.05, 4.69) is 5.16 Å². The lowest BCUT2D eigenvalue weighted by Gasteiger charge is -2.01.